The van der Waals surface area contributed by atoms with Crippen LogP contribution in [-0.2, 0) is 22.4 Å². The van der Waals surface area contributed by atoms with Crippen molar-refractivity contribution in [1.82, 2.24) is 4.90 Å². The molecule has 0 N–H and O–H groups in total. The monoisotopic (exact) mass is 245 g/mol. The maximum absolute atomic E-state index is 12.1. The molecule has 0 aliphatic carbocycles. The summed E-state index contributed by atoms with van der Waals surface area (Å²) in [5.41, 5.74) is 4.95. The van der Waals surface area contributed by atoms with Crippen molar-refractivity contribution >= 4 is 12.2 Å². The van der Waals surface area contributed by atoms with Crippen LogP contribution in [0.4, 0.5) is 0 Å². The van der Waals surface area contributed by atoms with Crippen LogP contribution in [0.1, 0.15) is 28.7 Å². The van der Waals surface area contributed by atoms with Gasteiger partial charge >= 0.3 is 0 Å². The van der Waals surface area contributed by atoms with Crippen LogP contribution in [-0.4, -0.2) is 30.2 Å². The Labute approximate surface area is 108 Å². The lowest BCUT2D eigenvalue weighted by Gasteiger charge is -2.18. The van der Waals surface area contributed by atoms with Gasteiger partial charge in [-0.3, -0.25) is 4.79 Å². The van der Waals surface area contributed by atoms with E-state index in [-0.39, 0.29) is 5.91 Å². The zero-order valence-corrected chi connectivity index (χ0v) is 11.0. The SMILES string of the molecule is Cc1cc2c(cc1C)CC(=O)N(CCC=O)CC2. The Bertz CT molecular complexity index is 480. The molecule has 3 nitrogen and oxygen atoms in total. The zero-order chi connectivity index (χ0) is 13.1. The zero-order valence-electron chi connectivity index (χ0n) is 11.0. The Morgan fingerprint density at radius 3 is 2.56 bits per heavy atom. The minimum Gasteiger partial charge on any atom is -0.342 e. The number of benzene rings is 1. The van der Waals surface area contributed by atoms with E-state index in [0.717, 1.165) is 24.8 Å². The number of hydrogen-bond donors (Lipinski definition) is 0. The lowest BCUT2D eigenvalue weighted by molar-refractivity contribution is -0.130. The van der Waals surface area contributed by atoms with Gasteiger partial charge in [-0.2, -0.15) is 0 Å². The molecular formula is C15H19NO2. The van der Waals surface area contributed by atoms with Crippen LogP contribution in [0.15, 0.2) is 12.1 Å². The van der Waals surface area contributed by atoms with Gasteiger partial charge in [-0.05, 0) is 42.5 Å². The molecule has 1 amide bonds. The lowest BCUT2D eigenvalue weighted by atomic mass is 9.97. The Balaban J connectivity index is 2.21. The fraction of sp³-hybridized carbons (Fsp3) is 0.467. The van der Waals surface area contributed by atoms with Crippen LogP contribution in [0.3, 0.4) is 0 Å². The molecule has 2 rings (SSSR count). The molecule has 1 aliphatic rings. The average molecular weight is 245 g/mol. The molecular weight excluding hydrogens is 226 g/mol. The molecule has 0 saturated heterocycles. The van der Waals surface area contributed by atoms with E-state index in [2.05, 4.69) is 26.0 Å². The highest BCUT2D eigenvalue weighted by Gasteiger charge is 2.20. The highest BCUT2D eigenvalue weighted by molar-refractivity contribution is 5.80. The fourth-order valence-electron chi connectivity index (χ4n) is 2.43. The van der Waals surface area contributed by atoms with Gasteiger partial charge in [0, 0.05) is 19.5 Å². The van der Waals surface area contributed by atoms with Gasteiger partial charge in [-0.1, -0.05) is 12.1 Å². The molecule has 18 heavy (non-hydrogen) atoms. The number of carbonyl (C=O) groups is 2. The number of hydrogen-bond acceptors (Lipinski definition) is 2. The summed E-state index contributed by atoms with van der Waals surface area (Å²) in [6.07, 6.45) is 2.66. The summed E-state index contributed by atoms with van der Waals surface area (Å²) in [7, 11) is 0. The van der Waals surface area contributed by atoms with Gasteiger partial charge in [0.2, 0.25) is 5.91 Å². The van der Waals surface area contributed by atoms with Crippen LogP contribution in [0.25, 0.3) is 0 Å². The van der Waals surface area contributed by atoms with E-state index >= 15 is 0 Å². The van der Waals surface area contributed by atoms with Crippen molar-refractivity contribution in [1.29, 1.82) is 0 Å². The first-order valence-corrected chi connectivity index (χ1v) is 6.42. The molecule has 0 unspecified atom stereocenters. The molecule has 1 aliphatic heterocycles. The smallest absolute Gasteiger partial charge is 0.227 e. The number of rotatable bonds is 3. The van der Waals surface area contributed by atoms with Crippen LogP contribution < -0.4 is 0 Å². The van der Waals surface area contributed by atoms with Crippen molar-refractivity contribution in [2.24, 2.45) is 0 Å². The second-order valence-electron chi connectivity index (χ2n) is 4.97. The summed E-state index contributed by atoms with van der Waals surface area (Å²) < 4.78 is 0. The number of carbonyl (C=O) groups excluding carboxylic acids is 2. The highest BCUT2D eigenvalue weighted by atomic mass is 16.2. The molecule has 1 aromatic carbocycles. The molecule has 0 bridgehead atoms. The summed E-state index contributed by atoms with van der Waals surface area (Å²) in [6.45, 7) is 5.46. The molecule has 0 fully saturated rings. The third kappa shape index (κ3) is 2.61. The van der Waals surface area contributed by atoms with E-state index < -0.39 is 0 Å². The second kappa shape index (κ2) is 5.34. The van der Waals surface area contributed by atoms with E-state index in [1.807, 2.05) is 0 Å². The molecule has 0 atom stereocenters. The van der Waals surface area contributed by atoms with Crippen LogP contribution in [0, 0.1) is 13.8 Å². The fourth-order valence-corrected chi connectivity index (χ4v) is 2.43. The molecule has 1 aromatic rings. The van der Waals surface area contributed by atoms with Gasteiger partial charge in [0.1, 0.15) is 6.29 Å². The van der Waals surface area contributed by atoms with Gasteiger partial charge in [-0.15, -0.1) is 0 Å². The largest absolute Gasteiger partial charge is 0.342 e. The van der Waals surface area contributed by atoms with E-state index in [1.165, 1.54) is 16.7 Å². The van der Waals surface area contributed by atoms with Crippen molar-refractivity contribution in [2.45, 2.75) is 33.1 Å². The average Bonchev–Trinajstić information content (AvgIpc) is 2.47. The molecule has 0 aromatic heterocycles. The van der Waals surface area contributed by atoms with Crippen molar-refractivity contribution < 1.29 is 9.59 Å². The minimum absolute atomic E-state index is 0.138. The quantitative estimate of drug-likeness (QED) is 0.762. The Morgan fingerprint density at radius 2 is 1.89 bits per heavy atom. The summed E-state index contributed by atoms with van der Waals surface area (Å²) in [5.74, 6) is 0.138. The third-order valence-electron chi connectivity index (χ3n) is 3.68. The molecule has 0 saturated carbocycles. The summed E-state index contributed by atoms with van der Waals surface area (Å²) in [5, 5.41) is 0. The maximum Gasteiger partial charge on any atom is 0.227 e. The minimum atomic E-state index is 0.138. The van der Waals surface area contributed by atoms with E-state index in [9.17, 15) is 9.59 Å². The molecule has 3 heteroatoms. The Kier molecular flexibility index (Phi) is 3.80. The number of aldehydes is 1. The summed E-state index contributed by atoms with van der Waals surface area (Å²) in [6, 6.07) is 4.33. The first-order chi connectivity index (χ1) is 8.61. The molecule has 96 valence electrons. The first kappa shape index (κ1) is 12.8. The Morgan fingerprint density at radius 1 is 1.22 bits per heavy atom. The number of amides is 1. The summed E-state index contributed by atoms with van der Waals surface area (Å²) in [4.78, 5) is 24.3. The summed E-state index contributed by atoms with van der Waals surface area (Å²) >= 11 is 0. The third-order valence-corrected chi connectivity index (χ3v) is 3.68. The van der Waals surface area contributed by atoms with E-state index in [1.54, 1.807) is 4.90 Å². The topological polar surface area (TPSA) is 37.4 Å². The molecule has 1 heterocycles. The van der Waals surface area contributed by atoms with Gasteiger partial charge in [0.05, 0.1) is 6.42 Å². The standard InChI is InChI=1S/C15H19NO2/c1-11-8-13-4-6-16(5-3-7-17)15(18)10-14(13)9-12(11)2/h7-9H,3-6,10H2,1-2H3. The Hall–Kier alpha value is -1.64. The van der Waals surface area contributed by atoms with Gasteiger partial charge in [0.25, 0.3) is 0 Å². The highest BCUT2D eigenvalue weighted by Crippen LogP contribution is 2.21. The maximum atomic E-state index is 12.1. The van der Waals surface area contributed by atoms with Gasteiger partial charge in [0.15, 0.2) is 0 Å². The van der Waals surface area contributed by atoms with Crippen molar-refractivity contribution in [2.75, 3.05) is 13.1 Å². The van der Waals surface area contributed by atoms with Gasteiger partial charge in [-0.25, -0.2) is 0 Å². The molecule has 0 spiro atoms. The number of fused-ring (bicyclic) bond motifs is 1. The number of nitrogens with zero attached hydrogens (tertiary/aromatic N) is 1. The van der Waals surface area contributed by atoms with Crippen LogP contribution in [0.2, 0.25) is 0 Å². The van der Waals surface area contributed by atoms with Crippen molar-refractivity contribution in [3.63, 3.8) is 0 Å². The predicted octanol–water partition coefficient (Wildman–Crippen LogP) is 1.82. The van der Waals surface area contributed by atoms with E-state index in [0.29, 0.717) is 19.4 Å². The van der Waals surface area contributed by atoms with Crippen molar-refractivity contribution in [3.05, 3.63) is 34.4 Å². The van der Waals surface area contributed by atoms with Crippen LogP contribution in [0.5, 0.6) is 0 Å². The normalized spacial score (nSPS) is 15.2. The predicted molar refractivity (Wildman–Crippen MR) is 70.6 cm³/mol. The van der Waals surface area contributed by atoms with E-state index in [4.69, 9.17) is 0 Å². The second-order valence-corrected chi connectivity index (χ2v) is 4.97. The number of aryl methyl sites for hydroxylation is 2. The lowest BCUT2D eigenvalue weighted by Crippen LogP contribution is -2.33. The van der Waals surface area contributed by atoms with Crippen LogP contribution >= 0.6 is 0 Å². The first-order valence-electron chi connectivity index (χ1n) is 6.42. The van der Waals surface area contributed by atoms with Gasteiger partial charge < -0.3 is 9.69 Å². The van der Waals surface area contributed by atoms with Crippen molar-refractivity contribution in [3.8, 4) is 0 Å². The molecule has 0 radical (unpaired) electrons.